The van der Waals surface area contributed by atoms with E-state index in [9.17, 15) is 14.7 Å². The van der Waals surface area contributed by atoms with Gasteiger partial charge in [0.1, 0.15) is 0 Å². The van der Waals surface area contributed by atoms with E-state index in [4.69, 9.17) is 9.84 Å². The summed E-state index contributed by atoms with van der Waals surface area (Å²) in [4.78, 5) is 28.0. The number of hydrogen-bond acceptors (Lipinski definition) is 6. The topological polar surface area (TPSA) is 108 Å². The minimum absolute atomic E-state index is 0.0457. The molecule has 0 saturated carbocycles. The number of nitrogens with one attached hydrogen (secondary N) is 1. The van der Waals surface area contributed by atoms with E-state index in [-0.39, 0.29) is 17.2 Å². The van der Waals surface area contributed by atoms with Crippen molar-refractivity contribution in [2.45, 2.75) is 0 Å². The van der Waals surface area contributed by atoms with Crippen molar-refractivity contribution >= 4 is 63.2 Å². The highest BCUT2D eigenvalue weighted by molar-refractivity contribution is 14.1. The molecule has 3 rings (SSSR count). The number of carboxylic acid groups (broad SMARTS) is 1. The molecule has 0 radical (unpaired) electrons. The van der Waals surface area contributed by atoms with E-state index >= 15 is 0 Å². The smallest absolute Gasteiger partial charge is 0.335 e. The number of aromatic hydroxyl groups is 1. The third kappa shape index (κ3) is 4.42. The monoisotopic (exact) mass is 496 g/mol. The molecule has 1 amide bonds. The Hall–Kier alpha value is -2.53. The summed E-state index contributed by atoms with van der Waals surface area (Å²) in [5, 5.41) is 22.0. The zero-order valence-corrected chi connectivity index (χ0v) is 16.9. The van der Waals surface area contributed by atoms with Gasteiger partial charge in [0, 0.05) is 0 Å². The fourth-order valence-electron chi connectivity index (χ4n) is 2.29. The number of carbonyl (C=O) groups excluding carboxylic acids is 1. The van der Waals surface area contributed by atoms with Gasteiger partial charge in [0.15, 0.2) is 16.7 Å². The second kappa shape index (κ2) is 8.01. The quantitative estimate of drug-likeness (QED) is 0.441. The van der Waals surface area contributed by atoms with E-state index in [1.807, 2.05) is 22.6 Å². The summed E-state index contributed by atoms with van der Waals surface area (Å²) in [5.74, 6) is -0.993. The van der Waals surface area contributed by atoms with Gasteiger partial charge in [-0.1, -0.05) is 6.07 Å². The molecule has 1 saturated heterocycles. The fraction of sp³-hybridized carbons (Fsp3) is 0.0556. The Kier molecular flexibility index (Phi) is 5.71. The van der Waals surface area contributed by atoms with E-state index in [1.54, 1.807) is 30.3 Å². The number of methoxy groups -OCH3 is 1. The number of thioether (sulfide) groups is 1. The highest BCUT2D eigenvalue weighted by atomic mass is 127. The molecule has 7 nitrogen and oxygen atoms in total. The first-order valence-corrected chi connectivity index (χ1v) is 9.46. The molecule has 1 aliphatic heterocycles. The molecule has 9 heteroatoms. The number of phenolic OH excluding ortho intramolecular Hbond substituents is 1. The lowest BCUT2D eigenvalue weighted by molar-refractivity contribution is -0.115. The lowest BCUT2D eigenvalue weighted by atomic mass is 10.2. The molecule has 0 unspecified atom stereocenters. The molecule has 1 fully saturated rings. The third-order valence-electron chi connectivity index (χ3n) is 3.54. The van der Waals surface area contributed by atoms with Crippen molar-refractivity contribution in [2.75, 3.05) is 7.11 Å². The van der Waals surface area contributed by atoms with Gasteiger partial charge in [-0.15, -0.1) is 0 Å². The summed E-state index contributed by atoms with van der Waals surface area (Å²) in [6.07, 6.45) is 1.67. The van der Waals surface area contributed by atoms with Crippen LogP contribution in [0.25, 0.3) is 6.08 Å². The Bertz CT molecular complexity index is 1000. The summed E-state index contributed by atoms with van der Waals surface area (Å²) >= 11 is 3.12. The van der Waals surface area contributed by atoms with Crippen LogP contribution < -0.4 is 10.1 Å². The van der Waals surface area contributed by atoms with Gasteiger partial charge in [-0.3, -0.25) is 4.79 Å². The zero-order valence-electron chi connectivity index (χ0n) is 13.9. The van der Waals surface area contributed by atoms with Crippen LogP contribution in [0.5, 0.6) is 11.5 Å². The maximum absolute atomic E-state index is 12.2. The van der Waals surface area contributed by atoms with E-state index in [2.05, 4.69) is 10.3 Å². The number of carbonyl (C=O) groups is 2. The molecule has 0 atom stereocenters. The van der Waals surface area contributed by atoms with Crippen molar-refractivity contribution in [3.8, 4) is 11.5 Å². The van der Waals surface area contributed by atoms with Crippen molar-refractivity contribution in [3.05, 3.63) is 56.0 Å². The van der Waals surface area contributed by atoms with Gasteiger partial charge in [-0.2, -0.15) is 0 Å². The maximum atomic E-state index is 12.2. The van der Waals surface area contributed by atoms with Crippen LogP contribution in [0.1, 0.15) is 15.9 Å². The highest BCUT2D eigenvalue weighted by Crippen LogP contribution is 2.35. The van der Waals surface area contributed by atoms with Crippen LogP contribution in [0.3, 0.4) is 0 Å². The number of aromatic carboxylic acids is 1. The van der Waals surface area contributed by atoms with Crippen LogP contribution in [-0.2, 0) is 4.79 Å². The average molecular weight is 496 g/mol. The summed E-state index contributed by atoms with van der Waals surface area (Å²) in [6.45, 7) is 0. The van der Waals surface area contributed by atoms with Crippen molar-refractivity contribution in [1.29, 1.82) is 0 Å². The lowest BCUT2D eigenvalue weighted by Gasteiger charge is -2.06. The summed E-state index contributed by atoms with van der Waals surface area (Å²) < 4.78 is 5.72. The van der Waals surface area contributed by atoms with Gasteiger partial charge in [0.25, 0.3) is 5.91 Å². The van der Waals surface area contributed by atoms with Gasteiger partial charge in [-0.05, 0) is 76.3 Å². The largest absolute Gasteiger partial charge is 0.504 e. The maximum Gasteiger partial charge on any atom is 0.335 e. The zero-order chi connectivity index (χ0) is 19.6. The molecule has 27 heavy (non-hydrogen) atoms. The number of benzene rings is 2. The molecular weight excluding hydrogens is 483 g/mol. The number of amides is 1. The van der Waals surface area contributed by atoms with Crippen LogP contribution in [-0.4, -0.2) is 34.4 Å². The first kappa shape index (κ1) is 19.2. The Morgan fingerprint density at radius 2 is 2.11 bits per heavy atom. The average Bonchev–Trinajstić information content (AvgIpc) is 2.97. The van der Waals surface area contributed by atoms with E-state index in [1.165, 1.54) is 19.2 Å². The molecule has 1 heterocycles. The first-order chi connectivity index (χ1) is 12.9. The predicted molar refractivity (Wildman–Crippen MR) is 112 cm³/mol. The lowest BCUT2D eigenvalue weighted by Crippen LogP contribution is -2.19. The van der Waals surface area contributed by atoms with Crippen LogP contribution >= 0.6 is 34.4 Å². The first-order valence-electron chi connectivity index (χ1n) is 7.57. The van der Waals surface area contributed by atoms with Gasteiger partial charge >= 0.3 is 5.97 Å². The molecule has 0 aromatic heterocycles. The number of nitrogens with zero attached hydrogens (tertiary/aromatic N) is 1. The van der Waals surface area contributed by atoms with E-state index < -0.39 is 5.97 Å². The number of amidine groups is 1. The second-order valence-electron chi connectivity index (χ2n) is 5.39. The molecule has 0 aliphatic carbocycles. The number of ether oxygens (including phenoxy) is 1. The number of rotatable bonds is 4. The van der Waals surface area contributed by atoms with Gasteiger partial charge in [-0.25, -0.2) is 9.79 Å². The van der Waals surface area contributed by atoms with E-state index in [0.717, 1.165) is 11.8 Å². The SMILES string of the molecule is COc1cc(/C=C2\SC(=Nc3cccc(C(=O)O)c3)NC2=O)cc(I)c1O. The Labute approximate surface area is 172 Å². The van der Waals surface area contributed by atoms with Crippen LogP contribution in [0.4, 0.5) is 5.69 Å². The van der Waals surface area contributed by atoms with Crippen molar-refractivity contribution in [3.63, 3.8) is 0 Å². The summed E-state index contributed by atoms with van der Waals surface area (Å²) in [5.41, 5.74) is 1.24. The minimum atomic E-state index is -1.04. The molecule has 138 valence electrons. The number of carboxylic acids is 1. The molecule has 0 bridgehead atoms. The predicted octanol–water partition coefficient (Wildman–Crippen LogP) is 3.60. The number of hydrogen-bond donors (Lipinski definition) is 3. The highest BCUT2D eigenvalue weighted by Gasteiger charge is 2.24. The second-order valence-corrected chi connectivity index (χ2v) is 7.58. The van der Waals surface area contributed by atoms with Gasteiger partial charge in [0.05, 0.1) is 26.8 Å². The fourth-order valence-corrected chi connectivity index (χ4v) is 3.76. The van der Waals surface area contributed by atoms with Crippen molar-refractivity contribution in [2.24, 2.45) is 4.99 Å². The standard InChI is InChI=1S/C18H13IN2O5S/c1-26-13-6-9(5-12(19)15(13)22)7-14-16(23)21-18(27-14)20-11-4-2-3-10(8-11)17(24)25/h2-8,22H,1H3,(H,24,25)(H,20,21,23)/b14-7-. The Morgan fingerprint density at radius 1 is 1.33 bits per heavy atom. The molecule has 0 spiro atoms. The van der Waals surface area contributed by atoms with Crippen LogP contribution in [0, 0.1) is 3.57 Å². The minimum Gasteiger partial charge on any atom is -0.504 e. The normalized spacial score (nSPS) is 16.6. The van der Waals surface area contributed by atoms with Crippen LogP contribution in [0.2, 0.25) is 0 Å². The van der Waals surface area contributed by atoms with Gasteiger partial charge < -0.3 is 20.3 Å². The van der Waals surface area contributed by atoms with Crippen LogP contribution in [0.15, 0.2) is 46.3 Å². The molecule has 3 N–H and O–H groups in total. The third-order valence-corrected chi connectivity index (χ3v) is 5.28. The molecule has 2 aromatic carbocycles. The Morgan fingerprint density at radius 3 is 2.81 bits per heavy atom. The van der Waals surface area contributed by atoms with Gasteiger partial charge in [0.2, 0.25) is 0 Å². The van der Waals surface area contributed by atoms with Crippen molar-refractivity contribution in [1.82, 2.24) is 5.32 Å². The Balaban J connectivity index is 1.87. The summed E-state index contributed by atoms with van der Waals surface area (Å²) in [7, 11) is 1.45. The molecule has 1 aliphatic rings. The number of halogens is 1. The number of phenols is 1. The summed E-state index contributed by atoms with van der Waals surface area (Å²) in [6, 6.07) is 9.50. The number of aliphatic imine (C=N–C) groups is 1. The van der Waals surface area contributed by atoms with E-state index in [0.29, 0.717) is 30.6 Å². The molecule has 2 aromatic rings. The molecular formula is C18H13IN2O5S. The van der Waals surface area contributed by atoms with Crippen molar-refractivity contribution < 1.29 is 24.5 Å².